The molecule has 0 saturated carbocycles. The van der Waals surface area contributed by atoms with Crippen LogP contribution in [0.2, 0.25) is 0 Å². The molecule has 0 fully saturated rings. The van der Waals surface area contributed by atoms with Crippen molar-refractivity contribution in [3.05, 3.63) is 57.6 Å². The van der Waals surface area contributed by atoms with Crippen molar-refractivity contribution in [2.45, 2.75) is 24.7 Å². The van der Waals surface area contributed by atoms with Crippen LogP contribution in [0.25, 0.3) is 0 Å². The summed E-state index contributed by atoms with van der Waals surface area (Å²) in [6.07, 6.45) is -4.74. The zero-order valence-electron chi connectivity index (χ0n) is 19.0. The molecule has 0 atom stereocenters. The van der Waals surface area contributed by atoms with Crippen molar-refractivity contribution < 1.29 is 40.9 Å². The number of nitrogens with zero attached hydrogens (tertiary/aromatic N) is 2. The lowest BCUT2D eigenvalue weighted by atomic mass is 10.1. The Balaban J connectivity index is 0.00000291. The Kier molecular flexibility index (Phi) is 14.3. The number of nitro benzene ring substituents is 1. The Morgan fingerprint density at radius 3 is 2.25 bits per heavy atom. The van der Waals surface area contributed by atoms with Crippen molar-refractivity contribution in [3.63, 3.8) is 0 Å². The number of thioether (sulfide) groups is 1. The van der Waals surface area contributed by atoms with Gasteiger partial charge in [-0.2, -0.15) is 18.3 Å². The topological polar surface area (TPSA) is 126 Å². The number of urea groups is 1. The number of carbonyl (C=O) groups is 2. The molecule has 0 aromatic heterocycles. The smallest absolute Gasteiger partial charge is 0.326 e. The predicted molar refractivity (Wildman–Crippen MR) is 124 cm³/mol. The first-order chi connectivity index (χ1) is 17.0. The van der Waals surface area contributed by atoms with Crippen molar-refractivity contribution in [2.75, 3.05) is 25.0 Å². The highest BCUT2D eigenvalue weighted by Gasteiger charge is 2.33. The van der Waals surface area contributed by atoms with E-state index in [4.69, 9.17) is 0 Å². The fourth-order valence-corrected chi connectivity index (χ4v) is 2.96. The van der Waals surface area contributed by atoms with Gasteiger partial charge in [0.2, 0.25) is 5.91 Å². The van der Waals surface area contributed by atoms with E-state index in [0.29, 0.717) is 43.9 Å². The molecule has 36 heavy (non-hydrogen) atoms. The van der Waals surface area contributed by atoms with Crippen LogP contribution in [0.4, 0.5) is 48.2 Å². The van der Waals surface area contributed by atoms with Crippen molar-refractivity contribution in [2.24, 2.45) is 5.10 Å². The summed E-state index contributed by atoms with van der Waals surface area (Å²) in [6.45, 7) is 0.378. The molecule has 0 aliphatic heterocycles. The molecule has 2 aromatic rings. The van der Waals surface area contributed by atoms with Crippen molar-refractivity contribution in [3.8, 4) is 0 Å². The number of benzene rings is 2. The van der Waals surface area contributed by atoms with Gasteiger partial charge < -0.3 is 10.6 Å². The molecule has 9 nitrogen and oxygen atoms in total. The number of nitrogens with one attached hydrogen (secondary N) is 3. The molecule has 0 saturated heterocycles. The monoisotopic (exact) mass is 541 g/mol. The van der Waals surface area contributed by atoms with Crippen LogP contribution in [0.5, 0.6) is 0 Å². The molecule has 198 valence electrons. The van der Waals surface area contributed by atoms with Gasteiger partial charge in [0.05, 0.1) is 41.0 Å². The zero-order valence-corrected chi connectivity index (χ0v) is 19.8. The highest BCUT2D eigenvalue weighted by molar-refractivity contribution is 8.12. The standard InChI is InChI=1S/C18H15F4N5O4S.2CH3F/c1-10(28)24-13-4-2-11(8-19)14(7-13)25-17(29)26-23-9-32-16-5-3-12(18(20,21)22)6-15(16)27(30)31;2*1-2/h2-7,9H,8H2,1H3,(H,24,28)(H2,25,26,29);2*1H3/b23-9+;;. The van der Waals surface area contributed by atoms with Crippen LogP contribution < -0.4 is 16.1 Å². The molecule has 0 unspecified atom stereocenters. The SMILES string of the molecule is CC(=O)Nc1ccc(CF)c(NC(=O)N/N=C/Sc2ccc(C(F)(F)F)cc2[N+](=O)[O-])c1.CF.CF. The maximum atomic E-state index is 13.1. The molecule has 0 bridgehead atoms. The zero-order chi connectivity index (χ0) is 27.9. The van der Waals surface area contributed by atoms with Gasteiger partial charge in [0.25, 0.3) is 5.69 Å². The maximum Gasteiger partial charge on any atom is 0.416 e. The maximum absolute atomic E-state index is 13.1. The number of hydrazone groups is 1. The van der Waals surface area contributed by atoms with Gasteiger partial charge in [-0.1, -0.05) is 17.8 Å². The molecule has 0 spiro atoms. The van der Waals surface area contributed by atoms with E-state index in [2.05, 4.69) is 15.7 Å². The molecule has 2 rings (SSSR count). The van der Waals surface area contributed by atoms with Crippen molar-refractivity contribution in [1.29, 1.82) is 0 Å². The summed E-state index contributed by atoms with van der Waals surface area (Å²) in [5, 5.41) is 19.4. The minimum absolute atomic E-state index is 0.0671. The molecular weight excluding hydrogens is 520 g/mol. The number of halogens is 6. The van der Waals surface area contributed by atoms with Crippen molar-refractivity contribution >= 4 is 46.3 Å². The molecule has 0 aliphatic rings. The van der Waals surface area contributed by atoms with Crippen molar-refractivity contribution in [1.82, 2.24) is 5.43 Å². The van der Waals surface area contributed by atoms with Crippen LogP contribution in [0, 0.1) is 10.1 Å². The normalized spacial score (nSPS) is 10.4. The number of hydrogen-bond acceptors (Lipinski definition) is 6. The quantitative estimate of drug-likeness (QED) is 0.0980. The molecule has 0 aliphatic carbocycles. The fraction of sp³-hybridized carbons (Fsp3) is 0.250. The summed E-state index contributed by atoms with van der Waals surface area (Å²) in [5.74, 6) is -0.368. The summed E-state index contributed by atoms with van der Waals surface area (Å²) in [7, 11) is 1.00. The van der Waals surface area contributed by atoms with E-state index >= 15 is 0 Å². The second-order valence-corrected chi connectivity index (χ2v) is 6.93. The summed E-state index contributed by atoms with van der Waals surface area (Å²) in [6, 6.07) is 5.26. The van der Waals surface area contributed by atoms with E-state index in [1.165, 1.54) is 25.1 Å². The van der Waals surface area contributed by atoms with E-state index in [0.717, 1.165) is 11.6 Å². The molecule has 3 amide bonds. The van der Waals surface area contributed by atoms with Gasteiger partial charge in [0.15, 0.2) is 0 Å². The average molecular weight is 541 g/mol. The fourth-order valence-electron chi connectivity index (χ4n) is 2.34. The third kappa shape index (κ3) is 10.6. The van der Waals surface area contributed by atoms with E-state index in [1.54, 1.807) is 0 Å². The van der Waals surface area contributed by atoms with E-state index in [9.17, 15) is 46.0 Å². The first kappa shape index (κ1) is 32.2. The second-order valence-electron chi connectivity index (χ2n) is 6.04. The molecule has 3 N–H and O–H groups in total. The number of carbonyl (C=O) groups excluding carboxylic acids is 2. The van der Waals surface area contributed by atoms with Crippen LogP contribution in [0.3, 0.4) is 0 Å². The Morgan fingerprint density at radius 1 is 1.08 bits per heavy atom. The first-order valence-corrected chi connectivity index (χ1v) is 10.2. The largest absolute Gasteiger partial charge is 0.416 e. The minimum atomic E-state index is -4.74. The van der Waals surface area contributed by atoms with Crippen LogP contribution in [-0.2, 0) is 17.6 Å². The number of anilines is 2. The molecular formula is C20H21F6N5O4S. The molecule has 0 heterocycles. The van der Waals surface area contributed by atoms with Crippen LogP contribution >= 0.6 is 11.8 Å². The minimum Gasteiger partial charge on any atom is -0.326 e. The third-order valence-electron chi connectivity index (χ3n) is 3.70. The summed E-state index contributed by atoms with van der Waals surface area (Å²) in [5.41, 5.74) is 1.58. The van der Waals surface area contributed by atoms with Crippen LogP contribution in [0.15, 0.2) is 46.4 Å². The summed E-state index contributed by atoms with van der Waals surface area (Å²) >= 11 is 0.609. The predicted octanol–water partition coefficient (Wildman–Crippen LogP) is 6.07. The Bertz CT molecular complexity index is 1070. The summed E-state index contributed by atoms with van der Waals surface area (Å²) in [4.78, 5) is 33.0. The van der Waals surface area contributed by atoms with E-state index in [-0.39, 0.29) is 22.1 Å². The average Bonchev–Trinajstić information content (AvgIpc) is 2.83. The number of alkyl halides is 6. The Labute approximate surface area is 205 Å². The van der Waals surface area contributed by atoms with Gasteiger partial charge in [-0.3, -0.25) is 23.7 Å². The lowest BCUT2D eigenvalue weighted by Gasteiger charge is -2.11. The number of hydrogen-bond donors (Lipinski definition) is 3. The lowest BCUT2D eigenvalue weighted by Crippen LogP contribution is -2.24. The van der Waals surface area contributed by atoms with Gasteiger partial charge in [-0.25, -0.2) is 14.6 Å². The van der Waals surface area contributed by atoms with Gasteiger partial charge in [-0.05, 0) is 24.3 Å². The van der Waals surface area contributed by atoms with Gasteiger partial charge in [0.1, 0.15) is 6.67 Å². The molecule has 0 radical (unpaired) electrons. The number of rotatable bonds is 7. The molecule has 2 aromatic carbocycles. The van der Waals surface area contributed by atoms with Crippen LogP contribution in [0.1, 0.15) is 18.1 Å². The van der Waals surface area contributed by atoms with Gasteiger partial charge in [-0.15, -0.1) is 0 Å². The lowest BCUT2D eigenvalue weighted by molar-refractivity contribution is -0.388. The summed E-state index contributed by atoms with van der Waals surface area (Å²) < 4.78 is 70.3. The number of nitro groups is 1. The third-order valence-corrected chi connectivity index (χ3v) is 4.51. The highest BCUT2D eigenvalue weighted by Crippen LogP contribution is 2.36. The van der Waals surface area contributed by atoms with E-state index < -0.39 is 35.1 Å². The van der Waals surface area contributed by atoms with Crippen LogP contribution in [-0.4, -0.2) is 36.8 Å². The van der Waals surface area contributed by atoms with Gasteiger partial charge in [0, 0.05) is 24.2 Å². The van der Waals surface area contributed by atoms with E-state index in [1.807, 2.05) is 5.43 Å². The number of amides is 3. The first-order valence-electron chi connectivity index (χ1n) is 9.34. The Morgan fingerprint density at radius 2 is 1.72 bits per heavy atom. The second kappa shape index (κ2) is 16.0. The Hall–Kier alpha value is -3.82. The van der Waals surface area contributed by atoms with Gasteiger partial charge >= 0.3 is 12.2 Å². The highest BCUT2D eigenvalue weighted by atomic mass is 32.2. The molecule has 16 heteroatoms.